The number of rotatable bonds is 6. The van der Waals surface area contributed by atoms with Gasteiger partial charge in [0.05, 0.1) is 33.8 Å². The van der Waals surface area contributed by atoms with Crippen molar-refractivity contribution in [2.24, 2.45) is 0 Å². The first kappa shape index (κ1) is 21.6. The Balaban J connectivity index is 1.82. The van der Waals surface area contributed by atoms with Crippen molar-refractivity contribution in [2.45, 2.75) is 13.0 Å². The Hall–Kier alpha value is -4.14. The molecule has 2 N–H and O–H groups in total. The molecule has 0 aliphatic carbocycles. The lowest BCUT2D eigenvalue weighted by molar-refractivity contribution is -0.387. The van der Waals surface area contributed by atoms with Gasteiger partial charge in [-0.3, -0.25) is 19.7 Å². The van der Waals surface area contributed by atoms with Crippen LogP contribution in [0.1, 0.15) is 39.2 Å². The number of para-hydroxylation sites is 1. The highest BCUT2D eigenvalue weighted by atomic mass is 19.1. The number of nitro groups is 1. The number of nitrogens with zero attached hydrogens (tertiary/aromatic N) is 1. The molecular formula is C22H17F2N3O4. The lowest BCUT2D eigenvalue weighted by atomic mass is 10.1. The number of nitro benzene ring substituents is 1. The summed E-state index contributed by atoms with van der Waals surface area (Å²) in [7, 11) is 0. The molecule has 2 amide bonds. The summed E-state index contributed by atoms with van der Waals surface area (Å²) in [6, 6.07) is 15.7. The third-order valence-corrected chi connectivity index (χ3v) is 4.54. The second-order valence-electron chi connectivity index (χ2n) is 6.65. The van der Waals surface area contributed by atoms with Crippen molar-refractivity contribution in [3.05, 3.63) is 105 Å². The molecule has 0 saturated heterocycles. The van der Waals surface area contributed by atoms with Gasteiger partial charge in [-0.15, -0.1) is 0 Å². The van der Waals surface area contributed by atoms with Crippen LogP contribution in [0.2, 0.25) is 0 Å². The molecule has 3 aromatic rings. The highest BCUT2D eigenvalue weighted by Crippen LogP contribution is 2.23. The van der Waals surface area contributed by atoms with Crippen LogP contribution in [0.25, 0.3) is 0 Å². The molecule has 0 aliphatic rings. The van der Waals surface area contributed by atoms with Crippen molar-refractivity contribution >= 4 is 23.2 Å². The maximum Gasteiger partial charge on any atom is 0.307 e. The third-order valence-electron chi connectivity index (χ3n) is 4.54. The predicted octanol–water partition coefficient (Wildman–Crippen LogP) is 4.62. The smallest absolute Gasteiger partial charge is 0.307 e. The minimum Gasteiger partial charge on any atom is -0.345 e. The van der Waals surface area contributed by atoms with Crippen molar-refractivity contribution in [3.8, 4) is 0 Å². The number of halogens is 2. The minimum atomic E-state index is -1.35. The highest BCUT2D eigenvalue weighted by Gasteiger charge is 2.23. The number of nitrogens with one attached hydrogen (secondary N) is 2. The van der Waals surface area contributed by atoms with Crippen LogP contribution in [0.3, 0.4) is 0 Å². The zero-order valence-electron chi connectivity index (χ0n) is 16.3. The monoisotopic (exact) mass is 425 g/mol. The molecule has 0 heterocycles. The van der Waals surface area contributed by atoms with Gasteiger partial charge in [0.2, 0.25) is 5.82 Å². The van der Waals surface area contributed by atoms with Gasteiger partial charge in [0, 0.05) is 0 Å². The van der Waals surface area contributed by atoms with Gasteiger partial charge in [0.15, 0.2) is 0 Å². The van der Waals surface area contributed by atoms with Crippen LogP contribution < -0.4 is 10.6 Å². The summed E-state index contributed by atoms with van der Waals surface area (Å²) < 4.78 is 28.0. The summed E-state index contributed by atoms with van der Waals surface area (Å²) in [5.41, 5.74) is -0.745. The number of benzene rings is 3. The number of amides is 2. The Morgan fingerprint density at radius 2 is 1.55 bits per heavy atom. The normalized spacial score (nSPS) is 11.5. The Bertz CT molecular complexity index is 1150. The number of hydrogen-bond donors (Lipinski definition) is 2. The first-order valence-corrected chi connectivity index (χ1v) is 9.17. The largest absolute Gasteiger partial charge is 0.345 e. The van der Waals surface area contributed by atoms with Crippen molar-refractivity contribution in [2.75, 3.05) is 5.32 Å². The van der Waals surface area contributed by atoms with Crippen LogP contribution in [0.5, 0.6) is 0 Å². The van der Waals surface area contributed by atoms with E-state index in [9.17, 15) is 28.5 Å². The van der Waals surface area contributed by atoms with Gasteiger partial charge in [0.1, 0.15) is 5.82 Å². The van der Waals surface area contributed by atoms with Gasteiger partial charge in [0.25, 0.3) is 11.8 Å². The lowest BCUT2D eigenvalue weighted by Gasteiger charge is -2.16. The van der Waals surface area contributed by atoms with E-state index in [1.165, 1.54) is 12.1 Å². The molecule has 31 heavy (non-hydrogen) atoms. The van der Waals surface area contributed by atoms with Crippen molar-refractivity contribution < 1.29 is 23.3 Å². The van der Waals surface area contributed by atoms with Crippen LogP contribution in [0.4, 0.5) is 20.2 Å². The first-order valence-electron chi connectivity index (χ1n) is 9.17. The Morgan fingerprint density at radius 3 is 2.23 bits per heavy atom. The van der Waals surface area contributed by atoms with Gasteiger partial charge in [-0.2, -0.15) is 4.39 Å². The third kappa shape index (κ3) is 4.89. The van der Waals surface area contributed by atoms with E-state index in [4.69, 9.17) is 0 Å². The fourth-order valence-corrected chi connectivity index (χ4v) is 2.93. The number of hydrogen-bond acceptors (Lipinski definition) is 4. The molecule has 9 heteroatoms. The molecule has 0 aromatic heterocycles. The summed E-state index contributed by atoms with van der Waals surface area (Å²) in [6.07, 6.45) is 0. The van der Waals surface area contributed by atoms with Crippen molar-refractivity contribution in [1.29, 1.82) is 0 Å². The fourth-order valence-electron chi connectivity index (χ4n) is 2.93. The predicted molar refractivity (Wildman–Crippen MR) is 110 cm³/mol. The van der Waals surface area contributed by atoms with E-state index in [0.717, 1.165) is 5.56 Å². The maximum atomic E-state index is 14.2. The average molecular weight is 425 g/mol. The van der Waals surface area contributed by atoms with Gasteiger partial charge in [-0.05, 0) is 30.7 Å². The highest BCUT2D eigenvalue weighted by molar-refractivity contribution is 6.09. The maximum absolute atomic E-state index is 14.2. The Morgan fingerprint density at radius 1 is 0.903 bits per heavy atom. The SMILES string of the molecule is C[C@@H](NC(=O)c1ccccc1NC(=O)c1cc(F)c([N+](=O)[O-])cc1F)c1ccccc1. The standard InChI is InChI=1S/C22H17F2N3O4/c1-13(14-7-3-2-4-8-14)25-21(28)15-9-5-6-10-19(15)26-22(29)16-11-18(24)20(27(30)31)12-17(16)23/h2-13H,1H3,(H,25,28)(H,26,29)/t13-/m1/s1. The second kappa shape index (κ2) is 9.12. The van der Waals surface area contributed by atoms with Crippen molar-refractivity contribution in [1.82, 2.24) is 5.32 Å². The number of carbonyl (C=O) groups excluding carboxylic acids is 2. The molecule has 1 atom stereocenters. The number of anilines is 1. The van der Waals surface area contributed by atoms with Gasteiger partial charge in [-0.25, -0.2) is 4.39 Å². The van der Waals surface area contributed by atoms with E-state index >= 15 is 0 Å². The van der Waals surface area contributed by atoms with E-state index in [2.05, 4.69) is 10.6 Å². The van der Waals surface area contributed by atoms with Crippen molar-refractivity contribution in [3.63, 3.8) is 0 Å². The summed E-state index contributed by atoms with van der Waals surface area (Å²) >= 11 is 0. The average Bonchev–Trinajstić information content (AvgIpc) is 2.75. The van der Waals surface area contributed by atoms with Crippen LogP contribution >= 0.6 is 0 Å². The second-order valence-corrected chi connectivity index (χ2v) is 6.65. The van der Waals surface area contributed by atoms with Crippen LogP contribution in [0.15, 0.2) is 66.7 Å². The summed E-state index contributed by atoms with van der Waals surface area (Å²) in [5, 5.41) is 15.9. The summed E-state index contributed by atoms with van der Waals surface area (Å²) in [6.45, 7) is 1.80. The quantitative estimate of drug-likeness (QED) is 0.445. The summed E-state index contributed by atoms with van der Waals surface area (Å²) in [5.74, 6) is -4.14. The molecule has 158 valence electrons. The molecule has 3 rings (SSSR count). The molecule has 0 aliphatic heterocycles. The van der Waals surface area contributed by atoms with E-state index in [1.807, 2.05) is 30.3 Å². The zero-order chi connectivity index (χ0) is 22.5. The van der Waals surface area contributed by atoms with Crippen LogP contribution in [0, 0.1) is 21.7 Å². The Kier molecular flexibility index (Phi) is 6.35. The first-order chi connectivity index (χ1) is 14.8. The van der Waals surface area contributed by atoms with E-state index in [0.29, 0.717) is 12.1 Å². The molecule has 0 bridgehead atoms. The van der Waals surface area contributed by atoms with E-state index < -0.39 is 39.6 Å². The summed E-state index contributed by atoms with van der Waals surface area (Å²) in [4.78, 5) is 34.8. The van der Waals surface area contributed by atoms with Gasteiger partial charge in [-0.1, -0.05) is 42.5 Å². The number of carbonyl (C=O) groups is 2. The van der Waals surface area contributed by atoms with Crippen LogP contribution in [-0.2, 0) is 0 Å². The lowest BCUT2D eigenvalue weighted by Crippen LogP contribution is -2.28. The van der Waals surface area contributed by atoms with Gasteiger partial charge >= 0.3 is 5.69 Å². The topological polar surface area (TPSA) is 101 Å². The molecule has 0 radical (unpaired) electrons. The molecule has 0 unspecified atom stereocenters. The minimum absolute atomic E-state index is 0.0726. The van der Waals surface area contributed by atoms with Crippen LogP contribution in [-0.4, -0.2) is 16.7 Å². The van der Waals surface area contributed by atoms with E-state index in [-0.39, 0.29) is 17.3 Å². The molecule has 0 saturated carbocycles. The molecule has 3 aromatic carbocycles. The Labute approximate surface area is 175 Å². The molecule has 7 nitrogen and oxygen atoms in total. The molecular weight excluding hydrogens is 408 g/mol. The zero-order valence-corrected chi connectivity index (χ0v) is 16.3. The molecule has 0 fully saturated rings. The molecule has 0 spiro atoms. The van der Waals surface area contributed by atoms with E-state index in [1.54, 1.807) is 19.1 Å². The van der Waals surface area contributed by atoms with Gasteiger partial charge < -0.3 is 10.6 Å². The fraction of sp³-hybridized carbons (Fsp3) is 0.0909.